The number of thiazole rings is 1. The summed E-state index contributed by atoms with van der Waals surface area (Å²) in [6.45, 7) is 5.55. The number of carbonyl (C=O) groups excluding carboxylic acids is 2. The summed E-state index contributed by atoms with van der Waals surface area (Å²) >= 11 is 5.52. The maximum absolute atomic E-state index is 14.1. The molecule has 1 atom stereocenters. The Morgan fingerprint density at radius 1 is 1.10 bits per heavy atom. The van der Waals surface area contributed by atoms with Crippen LogP contribution in [0.1, 0.15) is 37.9 Å². The summed E-state index contributed by atoms with van der Waals surface area (Å²) in [4.78, 5) is 44.9. The molecule has 3 aromatic carbocycles. The lowest BCUT2D eigenvalue weighted by molar-refractivity contribution is -0.132. The molecule has 2 heterocycles. The monoisotopic (exact) mass is 805 g/mol. The summed E-state index contributed by atoms with van der Waals surface area (Å²) in [7, 11) is 0. The minimum absolute atomic E-state index is 0.308. The topological polar surface area (TPSA) is 99.0 Å². The molecule has 0 saturated heterocycles. The number of amides is 1. The number of nitrogens with one attached hydrogen (secondary N) is 1. The number of allylic oxidation sites excluding steroid dienone is 1. The van der Waals surface area contributed by atoms with Gasteiger partial charge in [-0.1, -0.05) is 41.7 Å². The van der Waals surface area contributed by atoms with Crippen LogP contribution >= 0.6 is 56.5 Å². The number of nitrogens with zero attached hydrogens (tertiary/aromatic N) is 2. The predicted octanol–water partition coefficient (Wildman–Crippen LogP) is 5.41. The van der Waals surface area contributed by atoms with E-state index in [9.17, 15) is 14.4 Å². The van der Waals surface area contributed by atoms with E-state index in [1.54, 1.807) is 29.7 Å². The van der Waals surface area contributed by atoms with E-state index in [1.807, 2.05) is 61.5 Å². The normalized spacial score (nSPS) is 14.7. The third kappa shape index (κ3) is 6.37. The molecule has 1 N–H and O–H groups in total. The van der Waals surface area contributed by atoms with Crippen molar-refractivity contribution in [2.45, 2.75) is 26.8 Å². The second kappa shape index (κ2) is 12.9. The number of esters is 1. The average molecular weight is 805 g/mol. The Bertz CT molecular complexity index is 1900. The van der Waals surface area contributed by atoms with E-state index in [1.165, 1.54) is 18.3 Å². The lowest BCUT2D eigenvalue weighted by Gasteiger charge is -2.25. The Kier molecular flexibility index (Phi) is 9.28. The molecule has 0 radical (unpaired) electrons. The minimum Gasteiger partial charge on any atom is -0.494 e. The highest BCUT2D eigenvalue weighted by molar-refractivity contribution is 14.1. The highest BCUT2D eigenvalue weighted by atomic mass is 127. The molecule has 42 heavy (non-hydrogen) atoms. The summed E-state index contributed by atoms with van der Waals surface area (Å²) < 4.78 is 14.8. The number of anilines is 1. The van der Waals surface area contributed by atoms with Gasteiger partial charge in [0.05, 0.1) is 32.0 Å². The van der Waals surface area contributed by atoms with E-state index in [2.05, 4.69) is 50.5 Å². The van der Waals surface area contributed by atoms with E-state index in [0.29, 0.717) is 50.0 Å². The fraction of sp³-hybridized carbons (Fsp3) is 0.161. The molecule has 1 amide bonds. The Morgan fingerprint density at radius 2 is 1.81 bits per heavy atom. The van der Waals surface area contributed by atoms with Crippen LogP contribution in [0, 0.1) is 7.14 Å². The Hall–Kier alpha value is -3.30. The molecular formula is C31H25I2N3O5S. The summed E-state index contributed by atoms with van der Waals surface area (Å²) in [6.07, 6.45) is 1.71. The van der Waals surface area contributed by atoms with Gasteiger partial charge >= 0.3 is 5.97 Å². The number of halogens is 2. The second-order valence-electron chi connectivity index (χ2n) is 9.30. The van der Waals surface area contributed by atoms with Crippen LogP contribution in [0.4, 0.5) is 5.69 Å². The van der Waals surface area contributed by atoms with Crippen molar-refractivity contribution in [2.24, 2.45) is 4.99 Å². The van der Waals surface area contributed by atoms with E-state index in [0.717, 1.165) is 12.7 Å². The van der Waals surface area contributed by atoms with Crippen molar-refractivity contribution in [1.29, 1.82) is 0 Å². The van der Waals surface area contributed by atoms with Crippen LogP contribution in [-0.4, -0.2) is 23.1 Å². The zero-order chi connectivity index (χ0) is 30.0. The van der Waals surface area contributed by atoms with Crippen LogP contribution in [0.25, 0.3) is 6.08 Å². The molecule has 0 saturated carbocycles. The highest BCUT2D eigenvalue weighted by Crippen LogP contribution is 2.32. The number of benzene rings is 3. The largest absolute Gasteiger partial charge is 0.494 e. The van der Waals surface area contributed by atoms with Crippen molar-refractivity contribution in [3.05, 3.63) is 116 Å². The van der Waals surface area contributed by atoms with Gasteiger partial charge in [0.2, 0.25) is 0 Å². The number of para-hydroxylation sites is 1. The fourth-order valence-corrected chi connectivity index (χ4v) is 7.68. The molecule has 1 aliphatic heterocycles. The van der Waals surface area contributed by atoms with Gasteiger partial charge in [-0.3, -0.25) is 19.0 Å². The molecule has 0 bridgehead atoms. The van der Waals surface area contributed by atoms with Crippen LogP contribution in [0.5, 0.6) is 11.5 Å². The SMILES string of the molecule is CCOc1ccc([C@H]2C(C(=O)Nc3ccccc3)=C(C)N=c3s/c(=C\c4cc(I)cc(I)c4OC(C)=O)c(=O)n32)cc1. The molecule has 5 rings (SSSR count). The molecule has 11 heteroatoms. The van der Waals surface area contributed by atoms with Gasteiger partial charge in [0, 0.05) is 21.7 Å². The van der Waals surface area contributed by atoms with E-state index < -0.39 is 12.0 Å². The number of hydrogen-bond acceptors (Lipinski definition) is 7. The van der Waals surface area contributed by atoms with E-state index in [4.69, 9.17) is 14.5 Å². The number of rotatable bonds is 7. The van der Waals surface area contributed by atoms with Crippen molar-refractivity contribution < 1.29 is 19.1 Å². The second-order valence-corrected chi connectivity index (χ2v) is 12.7. The first-order valence-corrected chi connectivity index (χ1v) is 15.9. The number of fused-ring (bicyclic) bond motifs is 1. The van der Waals surface area contributed by atoms with Crippen molar-refractivity contribution in [3.63, 3.8) is 0 Å². The van der Waals surface area contributed by atoms with Crippen LogP contribution in [0.2, 0.25) is 0 Å². The summed E-state index contributed by atoms with van der Waals surface area (Å²) in [6, 6.07) is 19.6. The zero-order valence-electron chi connectivity index (χ0n) is 22.8. The van der Waals surface area contributed by atoms with Gasteiger partial charge in [-0.25, -0.2) is 4.99 Å². The van der Waals surface area contributed by atoms with Gasteiger partial charge in [0.15, 0.2) is 10.6 Å². The summed E-state index contributed by atoms with van der Waals surface area (Å²) in [5.74, 6) is 0.276. The Balaban J connectivity index is 1.69. The van der Waals surface area contributed by atoms with Gasteiger partial charge in [0.25, 0.3) is 11.5 Å². The van der Waals surface area contributed by atoms with Crippen molar-refractivity contribution in [1.82, 2.24) is 4.57 Å². The quantitative estimate of drug-likeness (QED) is 0.153. The van der Waals surface area contributed by atoms with Crippen molar-refractivity contribution in [3.8, 4) is 11.5 Å². The van der Waals surface area contributed by atoms with Crippen LogP contribution in [0.15, 0.2) is 87.8 Å². The molecular weight excluding hydrogens is 780 g/mol. The van der Waals surface area contributed by atoms with Gasteiger partial charge < -0.3 is 14.8 Å². The van der Waals surface area contributed by atoms with Gasteiger partial charge in [-0.05, 0) is 107 Å². The maximum atomic E-state index is 14.1. The van der Waals surface area contributed by atoms with Crippen LogP contribution in [0.3, 0.4) is 0 Å². The maximum Gasteiger partial charge on any atom is 0.308 e. The van der Waals surface area contributed by atoms with Crippen LogP contribution in [-0.2, 0) is 9.59 Å². The standard InChI is InChI=1S/C31H25I2N3O5S/c1-4-40-23-12-10-19(11-13-23)27-26(29(38)35-22-8-6-5-7-9-22)17(2)34-31-36(27)30(39)25(42-31)15-20-14-21(32)16-24(33)28(20)41-18(3)37/h5-16,27H,4H2,1-3H3,(H,35,38)/b25-15-/t27-/m0/s1. The van der Waals surface area contributed by atoms with Crippen molar-refractivity contribution in [2.75, 3.05) is 11.9 Å². The van der Waals surface area contributed by atoms with Crippen molar-refractivity contribution >= 4 is 80.2 Å². The first-order valence-electron chi connectivity index (χ1n) is 13.0. The first-order chi connectivity index (χ1) is 20.2. The molecule has 1 aromatic heterocycles. The van der Waals surface area contributed by atoms with E-state index in [-0.39, 0.29) is 11.5 Å². The predicted molar refractivity (Wildman–Crippen MR) is 180 cm³/mol. The smallest absolute Gasteiger partial charge is 0.308 e. The van der Waals surface area contributed by atoms with E-state index >= 15 is 0 Å². The number of ether oxygens (including phenoxy) is 2. The van der Waals surface area contributed by atoms with Gasteiger partial charge in [-0.15, -0.1) is 0 Å². The van der Waals surface area contributed by atoms with Gasteiger partial charge in [-0.2, -0.15) is 0 Å². The summed E-state index contributed by atoms with van der Waals surface area (Å²) in [5.41, 5.74) is 2.55. The average Bonchev–Trinajstić information content (AvgIpc) is 3.25. The molecule has 0 unspecified atom stereocenters. The van der Waals surface area contributed by atoms with Gasteiger partial charge in [0.1, 0.15) is 5.75 Å². The molecule has 0 fully saturated rings. The number of hydrogen-bond donors (Lipinski definition) is 1. The molecule has 0 spiro atoms. The lowest BCUT2D eigenvalue weighted by Crippen LogP contribution is -2.40. The fourth-order valence-electron chi connectivity index (χ4n) is 4.64. The molecule has 214 valence electrons. The zero-order valence-corrected chi connectivity index (χ0v) is 27.9. The minimum atomic E-state index is -0.730. The lowest BCUT2D eigenvalue weighted by atomic mass is 9.95. The molecule has 8 nitrogen and oxygen atoms in total. The summed E-state index contributed by atoms with van der Waals surface area (Å²) in [5, 5.41) is 2.96. The number of carbonyl (C=O) groups is 2. The molecule has 4 aromatic rings. The third-order valence-electron chi connectivity index (χ3n) is 6.37. The molecule has 0 aliphatic carbocycles. The third-order valence-corrected chi connectivity index (χ3v) is 8.78. The Labute approximate surface area is 273 Å². The number of aromatic nitrogens is 1. The van der Waals surface area contributed by atoms with Crippen LogP contribution < -0.4 is 29.7 Å². The highest BCUT2D eigenvalue weighted by Gasteiger charge is 2.32. The Morgan fingerprint density at radius 3 is 2.48 bits per heavy atom. The molecule has 1 aliphatic rings. The first kappa shape index (κ1) is 30.2.